The number of methoxy groups -OCH3 is 1. The SMILES string of the molecule is COc1cccc(N2CCN(C)C(C)C2)c1[C@H](C)N. The highest BCUT2D eigenvalue weighted by molar-refractivity contribution is 5.61. The molecule has 0 aromatic heterocycles. The molecule has 2 rings (SSSR count). The Morgan fingerprint density at radius 1 is 1.37 bits per heavy atom. The molecule has 4 nitrogen and oxygen atoms in total. The lowest BCUT2D eigenvalue weighted by molar-refractivity contribution is 0.234. The highest BCUT2D eigenvalue weighted by Gasteiger charge is 2.24. The van der Waals surface area contributed by atoms with Crippen molar-refractivity contribution in [3.63, 3.8) is 0 Å². The van der Waals surface area contributed by atoms with E-state index in [-0.39, 0.29) is 6.04 Å². The molecule has 0 radical (unpaired) electrons. The Bertz CT molecular complexity index is 433. The Morgan fingerprint density at radius 3 is 2.68 bits per heavy atom. The first-order chi connectivity index (χ1) is 9.04. The minimum Gasteiger partial charge on any atom is -0.496 e. The second-order valence-corrected chi connectivity index (χ2v) is 5.46. The number of hydrogen-bond donors (Lipinski definition) is 1. The fourth-order valence-electron chi connectivity index (χ4n) is 2.71. The summed E-state index contributed by atoms with van der Waals surface area (Å²) in [4.78, 5) is 4.81. The van der Waals surface area contributed by atoms with Crippen LogP contribution in [0, 0.1) is 0 Å². The second-order valence-electron chi connectivity index (χ2n) is 5.46. The van der Waals surface area contributed by atoms with Gasteiger partial charge < -0.3 is 20.3 Å². The number of nitrogens with zero attached hydrogens (tertiary/aromatic N) is 2. The summed E-state index contributed by atoms with van der Waals surface area (Å²) in [6.07, 6.45) is 0. The quantitative estimate of drug-likeness (QED) is 0.904. The van der Waals surface area contributed by atoms with E-state index in [4.69, 9.17) is 10.5 Å². The smallest absolute Gasteiger partial charge is 0.125 e. The van der Waals surface area contributed by atoms with Crippen molar-refractivity contribution in [2.75, 3.05) is 38.7 Å². The Morgan fingerprint density at radius 2 is 2.11 bits per heavy atom. The van der Waals surface area contributed by atoms with E-state index in [2.05, 4.69) is 29.8 Å². The lowest BCUT2D eigenvalue weighted by Crippen LogP contribution is -2.50. The van der Waals surface area contributed by atoms with E-state index in [1.54, 1.807) is 7.11 Å². The van der Waals surface area contributed by atoms with Crippen molar-refractivity contribution in [1.29, 1.82) is 0 Å². The predicted molar refractivity (Wildman–Crippen MR) is 79.9 cm³/mol. The summed E-state index contributed by atoms with van der Waals surface area (Å²) in [5, 5.41) is 0. The molecule has 19 heavy (non-hydrogen) atoms. The number of rotatable bonds is 3. The van der Waals surface area contributed by atoms with E-state index in [0.717, 1.165) is 30.9 Å². The number of anilines is 1. The van der Waals surface area contributed by atoms with Gasteiger partial charge in [0.1, 0.15) is 5.75 Å². The van der Waals surface area contributed by atoms with Crippen LogP contribution in [0.25, 0.3) is 0 Å². The molecule has 106 valence electrons. The minimum atomic E-state index is -0.0267. The number of likely N-dealkylation sites (N-methyl/N-ethyl adjacent to an activating group) is 1. The van der Waals surface area contributed by atoms with Gasteiger partial charge in [-0.25, -0.2) is 0 Å². The summed E-state index contributed by atoms with van der Waals surface area (Å²) >= 11 is 0. The first kappa shape index (κ1) is 14.2. The van der Waals surface area contributed by atoms with Gasteiger partial charge in [-0.1, -0.05) is 6.07 Å². The third-order valence-electron chi connectivity index (χ3n) is 4.02. The van der Waals surface area contributed by atoms with Crippen LogP contribution in [0.4, 0.5) is 5.69 Å². The summed E-state index contributed by atoms with van der Waals surface area (Å²) in [7, 11) is 3.89. The van der Waals surface area contributed by atoms with Crippen LogP contribution in [0.15, 0.2) is 18.2 Å². The molecule has 1 heterocycles. The van der Waals surface area contributed by atoms with E-state index in [9.17, 15) is 0 Å². The number of benzene rings is 1. The molecule has 0 bridgehead atoms. The average Bonchev–Trinajstić information content (AvgIpc) is 2.40. The maximum absolute atomic E-state index is 6.14. The van der Waals surface area contributed by atoms with E-state index in [1.807, 2.05) is 19.1 Å². The first-order valence-electron chi connectivity index (χ1n) is 6.92. The molecule has 1 aromatic rings. The van der Waals surface area contributed by atoms with E-state index in [0.29, 0.717) is 6.04 Å². The molecule has 0 amide bonds. The van der Waals surface area contributed by atoms with Crippen LogP contribution in [0.1, 0.15) is 25.5 Å². The minimum absolute atomic E-state index is 0.0267. The molecule has 2 N–H and O–H groups in total. The summed E-state index contributed by atoms with van der Waals surface area (Å²) in [5.41, 5.74) is 8.47. The van der Waals surface area contributed by atoms with Gasteiger partial charge >= 0.3 is 0 Å². The first-order valence-corrected chi connectivity index (χ1v) is 6.92. The monoisotopic (exact) mass is 263 g/mol. The fourth-order valence-corrected chi connectivity index (χ4v) is 2.71. The van der Waals surface area contributed by atoms with Crippen molar-refractivity contribution in [2.24, 2.45) is 5.73 Å². The van der Waals surface area contributed by atoms with Crippen LogP contribution in [0.5, 0.6) is 5.75 Å². The van der Waals surface area contributed by atoms with E-state index >= 15 is 0 Å². The van der Waals surface area contributed by atoms with Crippen molar-refractivity contribution < 1.29 is 4.74 Å². The van der Waals surface area contributed by atoms with Gasteiger partial charge in [-0.3, -0.25) is 0 Å². The van der Waals surface area contributed by atoms with Gasteiger partial charge in [0.25, 0.3) is 0 Å². The molecule has 1 aliphatic heterocycles. The summed E-state index contributed by atoms with van der Waals surface area (Å²) < 4.78 is 5.47. The standard InChI is InChI=1S/C15H25N3O/c1-11-10-18(9-8-17(11)3)13-6-5-7-14(19-4)15(13)12(2)16/h5-7,11-12H,8-10,16H2,1-4H3/t11?,12-/m0/s1. The zero-order valence-corrected chi connectivity index (χ0v) is 12.4. The van der Waals surface area contributed by atoms with Gasteiger partial charge in [0, 0.05) is 43.0 Å². The fraction of sp³-hybridized carbons (Fsp3) is 0.600. The Balaban J connectivity index is 2.34. The van der Waals surface area contributed by atoms with Crippen LogP contribution >= 0.6 is 0 Å². The van der Waals surface area contributed by atoms with Crippen molar-refractivity contribution >= 4 is 5.69 Å². The third-order valence-corrected chi connectivity index (χ3v) is 4.02. The van der Waals surface area contributed by atoms with E-state index < -0.39 is 0 Å². The summed E-state index contributed by atoms with van der Waals surface area (Å²) in [5.74, 6) is 0.888. The highest BCUT2D eigenvalue weighted by Crippen LogP contribution is 2.34. The molecule has 1 unspecified atom stereocenters. The number of nitrogens with two attached hydrogens (primary N) is 1. The molecule has 0 aliphatic carbocycles. The van der Waals surface area contributed by atoms with Crippen molar-refractivity contribution in [1.82, 2.24) is 4.90 Å². The summed E-state index contributed by atoms with van der Waals surface area (Å²) in [6, 6.07) is 6.71. The zero-order valence-electron chi connectivity index (χ0n) is 12.4. The van der Waals surface area contributed by atoms with Gasteiger partial charge in [0.05, 0.1) is 7.11 Å². The van der Waals surface area contributed by atoms with Gasteiger partial charge in [-0.05, 0) is 33.0 Å². The second kappa shape index (κ2) is 5.80. The van der Waals surface area contributed by atoms with Gasteiger partial charge in [0.15, 0.2) is 0 Å². The lowest BCUT2D eigenvalue weighted by Gasteiger charge is -2.40. The molecule has 2 atom stereocenters. The van der Waals surface area contributed by atoms with Crippen LogP contribution < -0.4 is 15.4 Å². The Hall–Kier alpha value is -1.26. The maximum atomic E-state index is 6.14. The van der Waals surface area contributed by atoms with Crippen molar-refractivity contribution in [3.05, 3.63) is 23.8 Å². The van der Waals surface area contributed by atoms with Crippen LogP contribution in [0.3, 0.4) is 0 Å². The zero-order chi connectivity index (χ0) is 14.0. The van der Waals surface area contributed by atoms with Crippen LogP contribution in [-0.2, 0) is 0 Å². The maximum Gasteiger partial charge on any atom is 0.125 e. The number of piperazine rings is 1. The topological polar surface area (TPSA) is 41.7 Å². The van der Waals surface area contributed by atoms with E-state index in [1.165, 1.54) is 5.69 Å². The van der Waals surface area contributed by atoms with Crippen molar-refractivity contribution in [3.8, 4) is 5.75 Å². The highest BCUT2D eigenvalue weighted by atomic mass is 16.5. The molecule has 1 aromatic carbocycles. The molecule has 1 aliphatic rings. The summed E-state index contributed by atoms with van der Waals surface area (Å²) in [6.45, 7) is 7.42. The molecular formula is C15H25N3O. The van der Waals surface area contributed by atoms with Gasteiger partial charge in [-0.15, -0.1) is 0 Å². The number of hydrogen-bond acceptors (Lipinski definition) is 4. The molecule has 1 fully saturated rings. The number of ether oxygens (including phenoxy) is 1. The molecular weight excluding hydrogens is 238 g/mol. The van der Waals surface area contributed by atoms with Crippen LogP contribution in [0.2, 0.25) is 0 Å². The molecule has 0 spiro atoms. The molecule has 0 saturated carbocycles. The van der Waals surface area contributed by atoms with Gasteiger partial charge in [0.2, 0.25) is 0 Å². The average molecular weight is 263 g/mol. The Kier molecular flexibility index (Phi) is 4.32. The van der Waals surface area contributed by atoms with Crippen molar-refractivity contribution in [2.45, 2.75) is 25.9 Å². The molecule has 1 saturated heterocycles. The van der Waals surface area contributed by atoms with Gasteiger partial charge in [-0.2, -0.15) is 0 Å². The normalized spacial score (nSPS) is 22.4. The molecule has 4 heteroatoms. The Labute approximate surface area is 116 Å². The third kappa shape index (κ3) is 2.85. The predicted octanol–water partition coefficient (Wildman–Crippen LogP) is 1.86. The largest absolute Gasteiger partial charge is 0.496 e. The van der Waals surface area contributed by atoms with Crippen LogP contribution in [-0.4, -0.2) is 44.7 Å². The lowest BCUT2D eigenvalue weighted by atomic mass is 10.0.